The second kappa shape index (κ2) is 8.23. The number of ketones is 1. The summed E-state index contributed by atoms with van der Waals surface area (Å²) in [5.41, 5.74) is 1.90. The Morgan fingerprint density at radius 1 is 1.27 bits per heavy atom. The first-order valence-corrected chi connectivity index (χ1v) is 9.91. The third-order valence-electron chi connectivity index (χ3n) is 5.51. The highest BCUT2D eigenvalue weighted by Gasteiger charge is 2.22. The van der Waals surface area contributed by atoms with Gasteiger partial charge in [0.15, 0.2) is 12.3 Å². The predicted molar refractivity (Wildman–Crippen MR) is 110 cm³/mol. The summed E-state index contributed by atoms with van der Waals surface area (Å²) in [6, 6.07) is 8.43. The van der Waals surface area contributed by atoms with Crippen molar-refractivity contribution in [2.24, 2.45) is 0 Å². The van der Waals surface area contributed by atoms with Crippen molar-refractivity contribution in [1.82, 2.24) is 14.8 Å². The predicted octanol–water partition coefficient (Wildman–Crippen LogP) is 2.56. The van der Waals surface area contributed by atoms with Crippen LogP contribution in [0.15, 0.2) is 35.1 Å². The number of Topliss-reactive ketones (excluding diaryl/α,β-unsaturated/α-hetero) is 1. The number of hydrogen-bond donors (Lipinski definition) is 1. The highest BCUT2D eigenvalue weighted by molar-refractivity contribution is 6.04. The van der Waals surface area contributed by atoms with Crippen LogP contribution in [-0.2, 0) is 16.0 Å². The number of carbonyl (C=O) groups excluding carboxylic acids is 2. The van der Waals surface area contributed by atoms with E-state index >= 15 is 0 Å². The number of carbonyl (C=O) groups is 2. The minimum absolute atomic E-state index is 0.0261. The standard InChI is InChI=1S/C22H23N3O5/c1-13-10-18(14(2)25(13)11-15-6-5-9-29-15)19(26)12-30-22(28)20-16-7-3-4-8-17(16)21(27)24-23-20/h3-4,7-8,10,15H,5-6,9,11-12H2,1-2H3,(H,24,27). The number of fused-ring (bicyclic) bond motifs is 1. The van der Waals surface area contributed by atoms with E-state index in [0.717, 1.165) is 30.8 Å². The molecule has 0 bridgehead atoms. The van der Waals surface area contributed by atoms with Crippen LogP contribution in [0.5, 0.6) is 0 Å². The SMILES string of the molecule is Cc1cc(C(=O)COC(=O)c2n[nH]c(=O)c3ccccc23)c(C)n1CC1CCCO1. The Hall–Kier alpha value is -3.26. The van der Waals surface area contributed by atoms with Gasteiger partial charge in [0.1, 0.15) is 0 Å². The van der Waals surface area contributed by atoms with Crippen molar-refractivity contribution in [2.45, 2.75) is 39.3 Å². The number of aromatic nitrogens is 3. The number of esters is 1. The van der Waals surface area contributed by atoms with Gasteiger partial charge in [0.05, 0.1) is 11.5 Å². The molecule has 1 aliphatic rings. The fourth-order valence-corrected chi connectivity index (χ4v) is 3.90. The molecule has 8 nitrogen and oxygen atoms in total. The van der Waals surface area contributed by atoms with E-state index in [0.29, 0.717) is 22.9 Å². The zero-order valence-electron chi connectivity index (χ0n) is 16.9. The molecule has 0 spiro atoms. The maximum absolute atomic E-state index is 12.7. The summed E-state index contributed by atoms with van der Waals surface area (Å²) in [5.74, 6) is -1.05. The van der Waals surface area contributed by atoms with E-state index in [1.54, 1.807) is 24.3 Å². The molecule has 1 aromatic carbocycles. The van der Waals surface area contributed by atoms with E-state index in [-0.39, 0.29) is 17.6 Å². The van der Waals surface area contributed by atoms with Gasteiger partial charge in [-0.15, -0.1) is 0 Å². The van der Waals surface area contributed by atoms with Crippen LogP contribution in [0.3, 0.4) is 0 Å². The number of ether oxygens (including phenoxy) is 2. The minimum atomic E-state index is -0.760. The first-order valence-electron chi connectivity index (χ1n) is 9.91. The molecule has 0 aliphatic carbocycles. The minimum Gasteiger partial charge on any atom is -0.452 e. The van der Waals surface area contributed by atoms with Crippen molar-refractivity contribution in [3.05, 3.63) is 63.3 Å². The molecule has 0 saturated carbocycles. The zero-order chi connectivity index (χ0) is 21.3. The third-order valence-corrected chi connectivity index (χ3v) is 5.51. The monoisotopic (exact) mass is 409 g/mol. The van der Waals surface area contributed by atoms with Gasteiger partial charge < -0.3 is 14.0 Å². The molecule has 1 saturated heterocycles. The van der Waals surface area contributed by atoms with Crippen LogP contribution in [0.4, 0.5) is 0 Å². The molecule has 1 aliphatic heterocycles. The van der Waals surface area contributed by atoms with Crippen LogP contribution in [0.1, 0.15) is 45.1 Å². The second-order valence-electron chi connectivity index (χ2n) is 7.48. The van der Waals surface area contributed by atoms with Gasteiger partial charge in [-0.05, 0) is 38.8 Å². The molecule has 30 heavy (non-hydrogen) atoms. The molecule has 1 atom stereocenters. The Bertz CT molecular complexity index is 1170. The van der Waals surface area contributed by atoms with Gasteiger partial charge in [-0.25, -0.2) is 9.89 Å². The number of aromatic amines is 1. The number of nitrogens with one attached hydrogen (secondary N) is 1. The lowest BCUT2D eigenvalue weighted by molar-refractivity contribution is 0.0469. The first kappa shape index (κ1) is 20.0. The van der Waals surface area contributed by atoms with Gasteiger partial charge in [0.2, 0.25) is 5.78 Å². The maximum atomic E-state index is 12.7. The van der Waals surface area contributed by atoms with Crippen LogP contribution in [0.25, 0.3) is 10.8 Å². The van der Waals surface area contributed by atoms with Gasteiger partial charge in [-0.3, -0.25) is 9.59 Å². The zero-order valence-corrected chi connectivity index (χ0v) is 16.9. The molecule has 1 N–H and O–H groups in total. The van der Waals surface area contributed by atoms with Crippen LogP contribution in [-0.4, -0.2) is 45.8 Å². The Kier molecular flexibility index (Phi) is 5.50. The lowest BCUT2D eigenvalue weighted by Gasteiger charge is -2.14. The quantitative estimate of drug-likeness (QED) is 0.496. The molecule has 1 fully saturated rings. The fourth-order valence-electron chi connectivity index (χ4n) is 3.90. The Morgan fingerprint density at radius 2 is 2.03 bits per heavy atom. The first-order chi connectivity index (χ1) is 14.5. The summed E-state index contributed by atoms with van der Waals surface area (Å²) < 4.78 is 13.0. The average Bonchev–Trinajstić information content (AvgIpc) is 3.36. The largest absolute Gasteiger partial charge is 0.452 e. The molecule has 3 aromatic rings. The lowest BCUT2D eigenvalue weighted by atomic mass is 10.1. The van der Waals surface area contributed by atoms with E-state index in [1.807, 2.05) is 19.9 Å². The van der Waals surface area contributed by atoms with E-state index in [9.17, 15) is 14.4 Å². The summed E-state index contributed by atoms with van der Waals surface area (Å²) in [4.78, 5) is 37.1. The lowest BCUT2D eigenvalue weighted by Crippen LogP contribution is -2.20. The van der Waals surface area contributed by atoms with E-state index in [2.05, 4.69) is 14.8 Å². The molecule has 3 heterocycles. The highest BCUT2D eigenvalue weighted by atomic mass is 16.5. The van der Waals surface area contributed by atoms with E-state index < -0.39 is 18.1 Å². The Morgan fingerprint density at radius 3 is 2.77 bits per heavy atom. The summed E-state index contributed by atoms with van der Waals surface area (Å²) in [7, 11) is 0. The normalized spacial score (nSPS) is 16.1. The van der Waals surface area contributed by atoms with Crippen LogP contribution in [0.2, 0.25) is 0 Å². The molecule has 8 heteroatoms. The number of nitrogens with zero attached hydrogens (tertiary/aromatic N) is 2. The van der Waals surface area contributed by atoms with Crippen molar-refractivity contribution in [3.8, 4) is 0 Å². The molecule has 1 unspecified atom stereocenters. The topological polar surface area (TPSA) is 103 Å². The molecule has 0 radical (unpaired) electrons. The van der Waals surface area contributed by atoms with E-state index in [1.165, 1.54) is 0 Å². The molecule has 0 amide bonds. The Balaban J connectivity index is 1.48. The van der Waals surface area contributed by atoms with Crippen molar-refractivity contribution in [3.63, 3.8) is 0 Å². The van der Waals surface area contributed by atoms with Crippen LogP contribution < -0.4 is 5.56 Å². The van der Waals surface area contributed by atoms with Crippen LogP contribution >= 0.6 is 0 Å². The molecule has 156 valence electrons. The molecule has 4 rings (SSSR count). The van der Waals surface area contributed by atoms with Gasteiger partial charge in [-0.2, -0.15) is 5.10 Å². The summed E-state index contributed by atoms with van der Waals surface area (Å²) in [6.07, 6.45) is 2.23. The number of rotatable bonds is 6. The average molecular weight is 409 g/mol. The van der Waals surface area contributed by atoms with Gasteiger partial charge in [0, 0.05) is 35.5 Å². The maximum Gasteiger partial charge on any atom is 0.359 e. The number of hydrogen-bond acceptors (Lipinski definition) is 6. The van der Waals surface area contributed by atoms with Gasteiger partial charge in [0.25, 0.3) is 5.56 Å². The van der Waals surface area contributed by atoms with Gasteiger partial charge >= 0.3 is 5.97 Å². The fraction of sp³-hybridized carbons (Fsp3) is 0.364. The number of aryl methyl sites for hydroxylation is 1. The smallest absolute Gasteiger partial charge is 0.359 e. The summed E-state index contributed by atoms with van der Waals surface area (Å²) in [6.45, 7) is 4.91. The van der Waals surface area contributed by atoms with Crippen molar-refractivity contribution in [1.29, 1.82) is 0 Å². The Labute approximate surface area is 172 Å². The second-order valence-corrected chi connectivity index (χ2v) is 7.48. The summed E-state index contributed by atoms with van der Waals surface area (Å²) >= 11 is 0. The molecular weight excluding hydrogens is 386 g/mol. The third kappa shape index (κ3) is 3.78. The van der Waals surface area contributed by atoms with Crippen molar-refractivity contribution < 1.29 is 19.1 Å². The van der Waals surface area contributed by atoms with Crippen LogP contribution in [0, 0.1) is 13.8 Å². The van der Waals surface area contributed by atoms with E-state index in [4.69, 9.17) is 9.47 Å². The number of benzene rings is 1. The van der Waals surface area contributed by atoms with Crippen molar-refractivity contribution >= 4 is 22.5 Å². The number of H-pyrrole nitrogens is 1. The highest BCUT2D eigenvalue weighted by Crippen LogP contribution is 2.21. The van der Waals surface area contributed by atoms with Crippen molar-refractivity contribution in [2.75, 3.05) is 13.2 Å². The van der Waals surface area contributed by atoms with Gasteiger partial charge in [-0.1, -0.05) is 18.2 Å². The molecule has 2 aromatic heterocycles. The summed E-state index contributed by atoms with van der Waals surface area (Å²) in [5, 5.41) is 6.82. The molecular formula is C22H23N3O5.